The quantitative estimate of drug-likeness (QED) is 0.773. The van der Waals surface area contributed by atoms with Crippen LogP contribution in [-0.4, -0.2) is 30.8 Å². The number of ether oxygens (including phenoxy) is 2. The van der Waals surface area contributed by atoms with Gasteiger partial charge in [-0.3, -0.25) is 4.79 Å². The first-order valence-corrected chi connectivity index (χ1v) is 7.26. The van der Waals surface area contributed by atoms with E-state index in [1.54, 1.807) is 32.2 Å². The van der Waals surface area contributed by atoms with E-state index in [1.807, 2.05) is 6.92 Å². The average Bonchev–Trinajstić information content (AvgIpc) is 2.44. The molecule has 0 aliphatic carbocycles. The molecule has 1 aromatic rings. The molecule has 21 heavy (non-hydrogen) atoms. The summed E-state index contributed by atoms with van der Waals surface area (Å²) in [6.45, 7) is 5.61. The molecular weight excluding hydrogens is 270 g/mol. The highest BCUT2D eigenvalue weighted by Crippen LogP contribution is 2.29. The Balaban J connectivity index is 2.67. The zero-order valence-electron chi connectivity index (χ0n) is 13.2. The highest BCUT2D eigenvalue weighted by atomic mass is 16.5. The number of hydrogen-bond donors (Lipinski definition) is 2. The molecule has 5 heteroatoms. The Morgan fingerprint density at radius 1 is 1.38 bits per heavy atom. The Morgan fingerprint density at radius 3 is 2.67 bits per heavy atom. The lowest BCUT2D eigenvalue weighted by atomic mass is 10.1. The lowest BCUT2D eigenvalue weighted by Gasteiger charge is -2.16. The minimum Gasteiger partial charge on any atom is -0.497 e. The van der Waals surface area contributed by atoms with E-state index in [4.69, 9.17) is 9.47 Å². The van der Waals surface area contributed by atoms with E-state index >= 15 is 0 Å². The average molecular weight is 295 g/mol. The molecule has 0 bridgehead atoms. The van der Waals surface area contributed by atoms with Gasteiger partial charge in [0.25, 0.3) is 5.91 Å². The smallest absolute Gasteiger partial charge is 0.258 e. The van der Waals surface area contributed by atoms with Gasteiger partial charge < -0.3 is 19.9 Å². The Labute approximate surface area is 126 Å². The predicted octanol–water partition coefficient (Wildman–Crippen LogP) is 2.43. The molecule has 1 aromatic carbocycles. The standard InChI is InChI=1S/C16H25NO4/c1-5-6-11(2)17-16(19)10-21-15-9-13(20-4)7-8-14(15)12(3)18/h7-9,11-12,18H,5-6,10H2,1-4H3,(H,17,19). The summed E-state index contributed by atoms with van der Waals surface area (Å²) in [6, 6.07) is 5.28. The zero-order chi connectivity index (χ0) is 15.8. The molecule has 0 aliphatic rings. The number of carbonyl (C=O) groups is 1. The van der Waals surface area contributed by atoms with Crippen molar-refractivity contribution in [3.05, 3.63) is 23.8 Å². The lowest BCUT2D eigenvalue weighted by molar-refractivity contribution is -0.123. The summed E-state index contributed by atoms with van der Waals surface area (Å²) in [5.41, 5.74) is 0.630. The third kappa shape index (κ3) is 5.63. The van der Waals surface area contributed by atoms with E-state index in [9.17, 15) is 9.90 Å². The van der Waals surface area contributed by atoms with Gasteiger partial charge in [0.05, 0.1) is 13.2 Å². The third-order valence-electron chi connectivity index (χ3n) is 3.16. The van der Waals surface area contributed by atoms with Crippen molar-refractivity contribution in [1.82, 2.24) is 5.32 Å². The molecule has 0 heterocycles. The van der Waals surface area contributed by atoms with E-state index in [2.05, 4.69) is 12.2 Å². The van der Waals surface area contributed by atoms with Crippen molar-refractivity contribution in [3.8, 4) is 11.5 Å². The van der Waals surface area contributed by atoms with Gasteiger partial charge in [-0.05, 0) is 32.4 Å². The molecule has 0 aliphatic heterocycles. The second-order valence-corrected chi connectivity index (χ2v) is 5.13. The molecule has 2 atom stereocenters. The highest BCUT2D eigenvalue weighted by Gasteiger charge is 2.13. The summed E-state index contributed by atoms with van der Waals surface area (Å²) in [5, 5.41) is 12.6. The molecule has 0 saturated carbocycles. The normalized spacial score (nSPS) is 13.4. The first kappa shape index (κ1) is 17.3. The molecule has 118 valence electrons. The van der Waals surface area contributed by atoms with Crippen molar-refractivity contribution < 1.29 is 19.4 Å². The number of benzene rings is 1. The molecule has 0 radical (unpaired) electrons. The van der Waals surface area contributed by atoms with Crippen LogP contribution < -0.4 is 14.8 Å². The van der Waals surface area contributed by atoms with Gasteiger partial charge in [0, 0.05) is 17.7 Å². The minimum atomic E-state index is -0.673. The third-order valence-corrected chi connectivity index (χ3v) is 3.16. The fraction of sp³-hybridized carbons (Fsp3) is 0.562. The second kappa shape index (κ2) is 8.52. The predicted molar refractivity (Wildman–Crippen MR) is 81.6 cm³/mol. The molecule has 0 spiro atoms. The van der Waals surface area contributed by atoms with Gasteiger partial charge in [-0.25, -0.2) is 0 Å². The van der Waals surface area contributed by atoms with Crippen molar-refractivity contribution >= 4 is 5.91 Å². The maximum atomic E-state index is 11.8. The summed E-state index contributed by atoms with van der Waals surface area (Å²) in [6.07, 6.45) is 1.28. The van der Waals surface area contributed by atoms with Gasteiger partial charge in [-0.15, -0.1) is 0 Å². The van der Waals surface area contributed by atoms with Crippen LogP contribution >= 0.6 is 0 Å². The van der Waals surface area contributed by atoms with Gasteiger partial charge in [-0.2, -0.15) is 0 Å². The first-order chi connectivity index (χ1) is 9.97. The molecular formula is C16H25NO4. The van der Waals surface area contributed by atoms with E-state index < -0.39 is 6.10 Å². The van der Waals surface area contributed by atoms with Gasteiger partial charge in [0.2, 0.25) is 0 Å². The van der Waals surface area contributed by atoms with Gasteiger partial charge in [-0.1, -0.05) is 13.3 Å². The lowest BCUT2D eigenvalue weighted by Crippen LogP contribution is -2.36. The van der Waals surface area contributed by atoms with Crippen LogP contribution in [0.15, 0.2) is 18.2 Å². The van der Waals surface area contributed by atoms with Crippen LogP contribution in [0.2, 0.25) is 0 Å². The Bertz CT molecular complexity index is 460. The zero-order valence-corrected chi connectivity index (χ0v) is 13.2. The SMILES string of the molecule is CCCC(C)NC(=O)COc1cc(OC)ccc1C(C)O. The fourth-order valence-electron chi connectivity index (χ4n) is 2.08. The van der Waals surface area contributed by atoms with Crippen molar-refractivity contribution in [2.75, 3.05) is 13.7 Å². The maximum absolute atomic E-state index is 11.8. The monoisotopic (exact) mass is 295 g/mol. The van der Waals surface area contributed by atoms with E-state index in [1.165, 1.54) is 0 Å². The van der Waals surface area contributed by atoms with Crippen LogP contribution in [0.5, 0.6) is 11.5 Å². The molecule has 1 amide bonds. The van der Waals surface area contributed by atoms with E-state index in [-0.39, 0.29) is 18.6 Å². The largest absolute Gasteiger partial charge is 0.497 e. The number of nitrogens with one attached hydrogen (secondary N) is 1. The van der Waals surface area contributed by atoms with Gasteiger partial charge in [0.15, 0.2) is 6.61 Å². The molecule has 0 aromatic heterocycles. The minimum absolute atomic E-state index is 0.0824. The van der Waals surface area contributed by atoms with Crippen molar-refractivity contribution in [2.45, 2.75) is 45.8 Å². The van der Waals surface area contributed by atoms with Crippen LogP contribution in [0.25, 0.3) is 0 Å². The molecule has 5 nitrogen and oxygen atoms in total. The first-order valence-electron chi connectivity index (χ1n) is 7.26. The number of hydrogen-bond acceptors (Lipinski definition) is 4. The van der Waals surface area contributed by atoms with Crippen molar-refractivity contribution in [1.29, 1.82) is 0 Å². The molecule has 0 fully saturated rings. The maximum Gasteiger partial charge on any atom is 0.258 e. The number of amides is 1. The summed E-state index contributed by atoms with van der Waals surface area (Å²) < 4.78 is 10.7. The Hall–Kier alpha value is -1.75. The summed E-state index contributed by atoms with van der Waals surface area (Å²) >= 11 is 0. The number of carbonyl (C=O) groups excluding carboxylic acids is 1. The Morgan fingerprint density at radius 2 is 2.10 bits per heavy atom. The van der Waals surface area contributed by atoms with Crippen LogP contribution in [0.3, 0.4) is 0 Å². The molecule has 2 N–H and O–H groups in total. The summed E-state index contributed by atoms with van der Waals surface area (Å²) in [5.74, 6) is 0.909. The number of aliphatic hydroxyl groups is 1. The van der Waals surface area contributed by atoms with Crippen LogP contribution in [0, 0.1) is 0 Å². The Kier molecular flexibility index (Phi) is 7.02. The molecule has 1 rings (SSSR count). The second-order valence-electron chi connectivity index (χ2n) is 5.13. The van der Waals surface area contributed by atoms with Gasteiger partial charge >= 0.3 is 0 Å². The number of rotatable bonds is 8. The van der Waals surface area contributed by atoms with E-state index in [0.29, 0.717) is 17.1 Å². The topological polar surface area (TPSA) is 67.8 Å². The van der Waals surface area contributed by atoms with Gasteiger partial charge in [0.1, 0.15) is 11.5 Å². The fourth-order valence-corrected chi connectivity index (χ4v) is 2.08. The number of aliphatic hydroxyl groups excluding tert-OH is 1. The summed E-state index contributed by atoms with van der Waals surface area (Å²) in [7, 11) is 1.56. The van der Waals surface area contributed by atoms with Crippen LogP contribution in [0.4, 0.5) is 0 Å². The summed E-state index contributed by atoms with van der Waals surface area (Å²) in [4.78, 5) is 11.8. The van der Waals surface area contributed by atoms with E-state index in [0.717, 1.165) is 12.8 Å². The van der Waals surface area contributed by atoms with Crippen LogP contribution in [0.1, 0.15) is 45.3 Å². The number of methoxy groups -OCH3 is 1. The highest BCUT2D eigenvalue weighted by molar-refractivity contribution is 5.77. The molecule has 0 saturated heterocycles. The van der Waals surface area contributed by atoms with Crippen molar-refractivity contribution in [3.63, 3.8) is 0 Å². The van der Waals surface area contributed by atoms with Crippen molar-refractivity contribution in [2.24, 2.45) is 0 Å². The van der Waals surface area contributed by atoms with Crippen LogP contribution in [-0.2, 0) is 4.79 Å². The molecule has 2 unspecified atom stereocenters.